The highest BCUT2D eigenvalue weighted by molar-refractivity contribution is 5.76. The molecule has 0 bridgehead atoms. The van der Waals surface area contributed by atoms with Crippen molar-refractivity contribution in [3.05, 3.63) is 24.2 Å². The van der Waals surface area contributed by atoms with Gasteiger partial charge in [-0.1, -0.05) is 25.7 Å². The lowest BCUT2D eigenvalue weighted by Gasteiger charge is -2.17. The van der Waals surface area contributed by atoms with Crippen molar-refractivity contribution in [2.75, 3.05) is 0 Å². The van der Waals surface area contributed by atoms with Crippen molar-refractivity contribution in [3.8, 4) is 0 Å². The predicted octanol–water partition coefficient (Wildman–Crippen LogP) is 3.18. The first-order valence-electron chi connectivity index (χ1n) is 7.66. The molecular weight excluding hydrogens is 254 g/mol. The van der Waals surface area contributed by atoms with Gasteiger partial charge in [0.2, 0.25) is 5.91 Å². The molecule has 0 spiro atoms. The zero-order valence-corrected chi connectivity index (χ0v) is 12.2. The van der Waals surface area contributed by atoms with Gasteiger partial charge in [-0.25, -0.2) is 0 Å². The number of hydrogen-bond acceptors (Lipinski definition) is 3. The number of carbonyl (C=O) groups is 1. The van der Waals surface area contributed by atoms with Gasteiger partial charge in [0.05, 0.1) is 6.26 Å². The van der Waals surface area contributed by atoms with E-state index in [2.05, 4.69) is 5.32 Å². The van der Waals surface area contributed by atoms with Crippen LogP contribution < -0.4 is 5.32 Å². The maximum atomic E-state index is 11.9. The molecule has 1 heterocycles. The van der Waals surface area contributed by atoms with Crippen LogP contribution in [0.4, 0.5) is 0 Å². The topological polar surface area (TPSA) is 62.5 Å². The van der Waals surface area contributed by atoms with Gasteiger partial charge in [0.15, 0.2) is 0 Å². The zero-order valence-electron chi connectivity index (χ0n) is 12.2. The van der Waals surface area contributed by atoms with Crippen LogP contribution in [0, 0.1) is 5.92 Å². The standard InChI is InChI=1S/C16H25NO3/c1-12(11-14(18)15-7-4-10-20-15)17-16(19)9-8-13-5-2-3-6-13/h4,7,10,12-14,18H,2-3,5-6,8-9,11H2,1H3,(H,17,19). The van der Waals surface area contributed by atoms with Crippen molar-refractivity contribution in [3.63, 3.8) is 0 Å². The summed E-state index contributed by atoms with van der Waals surface area (Å²) >= 11 is 0. The molecule has 1 fully saturated rings. The minimum atomic E-state index is -0.657. The number of rotatable bonds is 7. The Hall–Kier alpha value is -1.29. The van der Waals surface area contributed by atoms with Crippen molar-refractivity contribution in [2.45, 2.75) is 64.0 Å². The Balaban J connectivity index is 1.65. The molecular formula is C16H25NO3. The molecule has 112 valence electrons. The van der Waals surface area contributed by atoms with Crippen LogP contribution in [0.1, 0.15) is 63.7 Å². The lowest BCUT2D eigenvalue weighted by atomic mass is 10.0. The molecule has 0 aliphatic heterocycles. The van der Waals surface area contributed by atoms with Crippen LogP contribution in [0.25, 0.3) is 0 Å². The second-order valence-electron chi connectivity index (χ2n) is 5.92. The molecule has 1 aromatic rings. The highest BCUT2D eigenvalue weighted by Crippen LogP contribution is 2.28. The van der Waals surface area contributed by atoms with Gasteiger partial charge in [-0.15, -0.1) is 0 Å². The van der Waals surface area contributed by atoms with Crippen molar-refractivity contribution in [1.82, 2.24) is 5.32 Å². The highest BCUT2D eigenvalue weighted by atomic mass is 16.4. The molecule has 1 aliphatic rings. The van der Waals surface area contributed by atoms with E-state index in [4.69, 9.17) is 4.42 Å². The molecule has 2 rings (SSSR count). The van der Waals surface area contributed by atoms with Crippen LogP contribution in [0.5, 0.6) is 0 Å². The van der Waals surface area contributed by atoms with Gasteiger partial charge in [-0.05, 0) is 31.4 Å². The Bertz CT molecular complexity index is 396. The number of nitrogens with one attached hydrogen (secondary N) is 1. The van der Waals surface area contributed by atoms with E-state index in [0.717, 1.165) is 12.3 Å². The fraction of sp³-hybridized carbons (Fsp3) is 0.688. The van der Waals surface area contributed by atoms with E-state index in [1.54, 1.807) is 18.4 Å². The lowest BCUT2D eigenvalue weighted by Crippen LogP contribution is -2.33. The van der Waals surface area contributed by atoms with Gasteiger partial charge in [0.25, 0.3) is 0 Å². The Morgan fingerprint density at radius 3 is 2.90 bits per heavy atom. The molecule has 1 aromatic heterocycles. The summed E-state index contributed by atoms with van der Waals surface area (Å²) < 4.78 is 5.15. The molecule has 20 heavy (non-hydrogen) atoms. The Morgan fingerprint density at radius 2 is 2.25 bits per heavy atom. The molecule has 2 N–H and O–H groups in total. The number of aliphatic hydroxyl groups excluding tert-OH is 1. The third-order valence-electron chi connectivity index (χ3n) is 4.11. The molecule has 4 nitrogen and oxygen atoms in total. The second kappa shape index (κ2) is 7.48. The van der Waals surface area contributed by atoms with Gasteiger partial charge in [0, 0.05) is 18.9 Å². The molecule has 2 atom stereocenters. The van der Waals surface area contributed by atoms with Crippen LogP contribution in [0.2, 0.25) is 0 Å². The summed E-state index contributed by atoms with van der Waals surface area (Å²) in [4.78, 5) is 11.9. The lowest BCUT2D eigenvalue weighted by molar-refractivity contribution is -0.122. The summed E-state index contributed by atoms with van der Waals surface area (Å²) in [6, 6.07) is 3.45. The van der Waals surface area contributed by atoms with Gasteiger partial charge in [0.1, 0.15) is 11.9 Å². The quantitative estimate of drug-likeness (QED) is 0.805. The minimum absolute atomic E-state index is 0.0498. The van der Waals surface area contributed by atoms with E-state index in [9.17, 15) is 9.90 Å². The van der Waals surface area contributed by atoms with Gasteiger partial charge < -0.3 is 14.8 Å². The first kappa shape index (κ1) is 15.1. The molecule has 2 unspecified atom stereocenters. The summed E-state index contributed by atoms with van der Waals surface area (Å²) in [5, 5.41) is 12.9. The van der Waals surface area contributed by atoms with E-state index in [-0.39, 0.29) is 11.9 Å². The third kappa shape index (κ3) is 4.67. The van der Waals surface area contributed by atoms with E-state index < -0.39 is 6.10 Å². The van der Waals surface area contributed by atoms with Crippen LogP contribution >= 0.6 is 0 Å². The van der Waals surface area contributed by atoms with Crippen LogP contribution in [0.3, 0.4) is 0 Å². The molecule has 0 radical (unpaired) electrons. The van der Waals surface area contributed by atoms with Crippen molar-refractivity contribution < 1.29 is 14.3 Å². The Labute approximate surface area is 120 Å². The number of furan rings is 1. The summed E-state index contributed by atoms with van der Waals surface area (Å²) in [5.74, 6) is 1.39. The summed E-state index contributed by atoms with van der Waals surface area (Å²) in [6.45, 7) is 1.92. The molecule has 1 saturated carbocycles. The molecule has 1 aliphatic carbocycles. The minimum Gasteiger partial charge on any atom is -0.467 e. The maximum absolute atomic E-state index is 11.9. The average Bonchev–Trinajstić information content (AvgIpc) is 3.09. The first-order chi connectivity index (χ1) is 9.65. The number of carbonyl (C=O) groups excluding carboxylic acids is 1. The molecule has 4 heteroatoms. The van der Waals surface area contributed by atoms with Crippen molar-refractivity contribution in [1.29, 1.82) is 0 Å². The van der Waals surface area contributed by atoms with Crippen LogP contribution in [0.15, 0.2) is 22.8 Å². The van der Waals surface area contributed by atoms with Gasteiger partial charge >= 0.3 is 0 Å². The number of hydrogen-bond donors (Lipinski definition) is 2. The summed E-state index contributed by atoms with van der Waals surface area (Å²) in [7, 11) is 0. The highest BCUT2D eigenvalue weighted by Gasteiger charge is 2.18. The number of aliphatic hydroxyl groups is 1. The maximum Gasteiger partial charge on any atom is 0.220 e. The Morgan fingerprint density at radius 1 is 1.50 bits per heavy atom. The van der Waals surface area contributed by atoms with Crippen molar-refractivity contribution >= 4 is 5.91 Å². The van der Waals surface area contributed by atoms with E-state index in [1.165, 1.54) is 25.7 Å². The van der Waals surface area contributed by atoms with E-state index in [1.807, 2.05) is 6.92 Å². The predicted molar refractivity (Wildman–Crippen MR) is 77.1 cm³/mol. The van der Waals surface area contributed by atoms with Gasteiger partial charge in [-0.3, -0.25) is 4.79 Å². The van der Waals surface area contributed by atoms with Crippen LogP contribution in [-0.2, 0) is 4.79 Å². The molecule has 0 aromatic carbocycles. The van der Waals surface area contributed by atoms with Crippen LogP contribution in [-0.4, -0.2) is 17.1 Å². The fourth-order valence-corrected chi connectivity index (χ4v) is 2.97. The third-order valence-corrected chi connectivity index (χ3v) is 4.11. The summed E-state index contributed by atoms with van der Waals surface area (Å²) in [5.41, 5.74) is 0. The van der Waals surface area contributed by atoms with Crippen molar-refractivity contribution in [2.24, 2.45) is 5.92 Å². The fourth-order valence-electron chi connectivity index (χ4n) is 2.97. The van der Waals surface area contributed by atoms with Gasteiger partial charge in [-0.2, -0.15) is 0 Å². The zero-order chi connectivity index (χ0) is 14.4. The van der Waals surface area contributed by atoms with E-state index in [0.29, 0.717) is 18.6 Å². The Kier molecular flexibility index (Phi) is 5.65. The summed E-state index contributed by atoms with van der Waals surface area (Å²) in [6.07, 6.45) is 8.16. The SMILES string of the molecule is CC(CC(O)c1ccco1)NC(=O)CCC1CCCC1. The number of amides is 1. The normalized spacial score (nSPS) is 18.9. The largest absolute Gasteiger partial charge is 0.467 e. The second-order valence-corrected chi connectivity index (χ2v) is 5.92. The monoisotopic (exact) mass is 279 g/mol. The molecule has 1 amide bonds. The molecule has 0 saturated heterocycles. The van der Waals surface area contributed by atoms with E-state index >= 15 is 0 Å². The average molecular weight is 279 g/mol. The smallest absolute Gasteiger partial charge is 0.220 e. The first-order valence-corrected chi connectivity index (χ1v) is 7.66.